The van der Waals surface area contributed by atoms with Crippen LogP contribution in [0.25, 0.3) is 0 Å². The van der Waals surface area contributed by atoms with Crippen molar-refractivity contribution in [2.24, 2.45) is 17.1 Å². The highest BCUT2D eigenvalue weighted by molar-refractivity contribution is 5.88. The largest absolute Gasteiger partial charge is 0.378 e. The normalized spacial score (nSPS) is 38.6. The average molecular weight is 253 g/mol. The minimum absolute atomic E-state index is 0.143. The molecule has 0 aromatic carbocycles. The Bertz CT molecular complexity index is 326. The van der Waals surface area contributed by atoms with Crippen LogP contribution >= 0.6 is 0 Å². The van der Waals surface area contributed by atoms with Gasteiger partial charge in [0.2, 0.25) is 0 Å². The molecule has 4 heteroatoms. The number of rotatable bonds is 3. The zero-order valence-corrected chi connectivity index (χ0v) is 11.0. The molecule has 3 rings (SSSR count). The van der Waals surface area contributed by atoms with E-state index in [1.807, 2.05) is 0 Å². The molecule has 2 saturated heterocycles. The zero-order valence-electron chi connectivity index (χ0n) is 11.0. The molecule has 2 heterocycles. The number of nitrogens with two attached hydrogens (primary N) is 1. The van der Waals surface area contributed by atoms with Crippen LogP contribution in [0.4, 0.5) is 0 Å². The van der Waals surface area contributed by atoms with Crippen molar-refractivity contribution in [2.75, 3.05) is 26.4 Å². The zero-order chi connectivity index (χ0) is 12.6. The van der Waals surface area contributed by atoms with E-state index in [2.05, 4.69) is 0 Å². The molecule has 0 aromatic heterocycles. The van der Waals surface area contributed by atoms with E-state index >= 15 is 0 Å². The van der Waals surface area contributed by atoms with Crippen molar-refractivity contribution >= 4 is 5.78 Å². The quantitative estimate of drug-likeness (QED) is 0.823. The maximum absolute atomic E-state index is 12.7. The van der Waals surface area contributed by atoms with E-state index in [1.165, 1.54) is 0 Å². The van der Waals surface area contributed by atoms with Gasteiger partial charge in [0.15, 0.2) is 0 Å². The molecule has 102 valence electrons. The molecule has 3 aliphatic rings. The van der Waals surface area contributed by atoms with Crippen molar-refractivity contribution in [1.29, 1.82) is 0 Å². The van der Waals surface area contributed by atoms with Gasteiger partial charge in [0.25, 0.3) is 0 Å². The van der Waals surface area contributed by atoms with E-state index in [4.69, 9.17) is 15.2 Å². The molecule has 2 atom stereocenters. The van der Waals surface area contributed by atoms with E-state index in [0.717, 1.165) is 45.1 Å². The summed E-state index contributed by atoms with van der Waals surface area (Å²) in [5.41, 5.74) is 5.48. The van der Waals surface area contributed by atoms with Crippen molar-refractivity contribution in [1.82, 2.24) is 0 Å². The number of hydrogen-bond donors (Lipinski definition) is 1. The summed E-state index contributed by atoms with van der Waals surface area (Å²) in [5.74, 6) is 0.551. The highest BCUT2D eigenvalue weighted by Gasteiger charge is 2.49. The molecular formula is C14H23NO3. The fraction of sp³-hybridized carbons (Fsp3) is 0.929. The van der Waals surface area contributed by atoms with Crippen molar-refractivity contribution in [3.8, 4) is 0 Å². The molecule has 18 heavy (non-hydrogen) atoms. The Morgan fingerprint density at radius 2 is 2.11 bits per heavy atom. The lowest BCUT2D eigenvalue weighted by molar-refractivity contribution is -0.150. The molecule has 0 aromatic rings. The van der Waals surface area contributed by atoms with Crippen LogP contribution in [0.15, 0.2) is 0 Å². The summed E-state index contributed by atoms with van der Waals surface area (Å²) < 4.78 is 11.4. The van der Waals surface area contributed by atoms with E-state index in [0.29, 0.717) is 25.5 Å². The second-order valence-electron chi connectivity index (χ2n) is 6.23. The van der Waals surface area contributed by atoms with Crippen LogP contribution in [0.1, 0.15) is 38.5 Å². The minimum atomic E-state index is -0.192. The van der Waals surface area contributed by atoms with Crippen LogP contribution in [-0.4, -0.2) is 37.7 Å². The van der Waals surface area contributed by atoms with Gasteiger partial charge in [0.05, 0.1) is 12.2 Å². The summed E-state index contributed by atoms with van der Waals surface area (Å²) in [6, 6.07) is 0. The molecular weight excluding hydrogens is 230 g/mol. The number of carbonyl (C=O) groups excluding carboxylic acids is 1. The SMILES string of the molecule is NCC1(C(=O)C2CCOC3(CCOC3)C2)CCC1. The Morgan fingerprint density at radius 3 is 2.67 bits per heavy atom. The van der Waals surface area contributed by atoms with Crippen LogP contribution in [0, 0.1) is 11.3 Å². The number of carbonyl (C=O) groups is 1. The predicted molar refractivity (Wildman–Crippen MR) is 67.2 cm³/mol. The van der Waals surface area contributed by atoms with Gasteiger partial charge in [-0.3, -0.25) is 4.79 Å². The van der Waals surface area contributed by atoms with Gasteiger partial charge in [-0.1, -0.05) is 6.42 Å². The Hall–Kier alpha value is -0.450. The van der Waals surface area contributed by atoms with Crippen molar-refractivity contribution in [2.45, 2.75) is 44.1 Å². The molecule has 4 nitrogen and oxygen atoms in total. The first-order valence-corrected chi connectivity index (χ1v) is 7.16. The molecule has 1 saturated carbocycles. The van der Waals surface area contributed by atoms with Crippen LogP contribution in [0.2, 0.25) is 0 Å². The second kappa shape index (κ2) is 4.58. The smallest absolute Gasteiger partial charge is 0.143 e. The van der Waals surface area contributed by atoms with Gasteiger partial charge in [-0.15, -0.1) is 0 Å². The van der Waals surface area contributed by atoms with E-state index in [1.54, 1.807) is 0 Å². The predicted octanol–water partition coefficient (Wildman–Crippen LogP) is 1.27. The summed E-state index contributed by atoms with van der Waals surface area (Å²) in [7, 11) is 0. The Kier molecular flexibility index (Phi) is 3.20. The summed E-state index contributed by atoms with van der Waals surface area (Å²) in [6.45, 7) is 2.64. The van der Waals surface area contributed by atoms with Gasteiger partial charge < -0.3 is 15.2 Å². The molecule has 0 amide bonds. The fourth-order valence-electron chi connectivity index (χ4n) is 3.70. The third-order valence-corrected chi connectivity index (χ3v) is 5.15. The Labute approximate surface area is 108 Å². The monoisotopic (exact) mass is 253 g/mol. The molecule has 3 fully saturated rings. The molecule has 0 bridgehead atoms. The van der Waals surface area contributed by atoms with Gasteiger partial charge in [-0.05, 0) is 25.7 Å². The summed E-state index contributed by atoms with van der Waals surface area (Å²) in [4.78, 5) is 12.7. The fourth-order valence-corrected chi connectivity index (χ4v) is 3.70. The van der Waals surface area contributed by atoms with E-state index < -0.39 is 0 Å². The molecule has 2 unspecified atom stereocenters. The molecule has 1 spiro atoms. The van der Waals surface area contributed by atoms with E-state index in [9.17, 15) is 4.79 Å². The molecule has 0 radical (unpaired) electrons. The third kappa shape index (κ3) is 1.91. The van der Waals surface area contributed by atoms with Crippen molar-refractivity contribution < 1.29 is 14.3 Å². The topological polar surface area (TPSA) is 61.6 Å². The number of ketones is 1. The summed E-state index contributed by atoms with van der Waals surface area (Å²) in [6.07, 6.45) is 5.77. The minimum Gasteiger partial charge on any atom is -0.378 e. The molecule has 1 aliphatic carbocycles. The first-order valence-electron chi connectivity index (χ1n) is 7.16. The van der Waals surface area contributed by atoms with Crippen LogP contribution in [0.3, 0.4) is 0 Å². The van der Waals surface area contributed by atoms with Gasteiger partial charge in [0, 0.05) is 37.5 Å². The van der Waals surface area contributed by atoms with Gasteiger partial charge in [-0.2, -0.15) is 0 Å². The average Bonchev–Trinajstić information content (AvgIpc) is 2.76. The van der Waals surface area contributed by atoms with Crippen LogP contribution < -0.4 is 5.73 Å². The third-order valence-electron chi connectivity index (χ3n) is 5.15. The lowest BCUT2D eigenvalue weighted by atomic mass is 9.61. The van der Waals surface area contributed by atoms with Crippen LogP contribution in [-0.2, 0) is 14.3 Å². The maximum Gasteiger partial charge on any atom is 0.143 e. The highest BCUT2D eigenvalue weighted by atomic mass is 16.6. The first-order chi connectivity index (χ1) is 8.70. The summed E-state index contributed by atoms with van der Waals surface area (Å²) >= 11 is 0. The number of hydrogen-bond acceptors (Lipinski definition) is 4. The number of ether oxygens (including phenoxy) is 2. The molecule has 2 N–H and O–H groups in total. The lowest BCUT2D eigenvalue weighted by Gasteiger charge is -2.45. The lowest BCUT2D eigenvalue weighted by Crippen LogP contribution is -2.51. The number of Topliss-reactive ketones (excluding diaryl/α,β-unsaturated/α-hetero) is 1. The summed E-state index contributed by atoms with van der Waals surface area (Å²) in [5, 5.41) is 0. The van der Waals surface area contributed by atoms with E-state index in [-0.39, 0.29) is 16.9 Å². The first kappa shape index (κ1) is 12.6. The molecule has 2 aliphatic heterocycles. The Balaban J connectivity index is 1.70. The van der Waals surface area contributed by atoms with Crippen molar-refractivity contribution in [3.63, 3.8) is 0 Å². The maximum atomic E-state index is 12.7. The Morgan fingerprint density at radius 1 is 1.28 bits per heavy atom. The van der Waals surface area contributed by atoms with Crippen LogP contribution in [0.5, 0.6) is 0 Å². The standard InChI is InChI=1S/C14H23NO3/c15-9-13(3-1-4-13)12(16)11-2-6-18-14(8-11)5-7-17-10-14/h11H,1-10,15H2. The van der Waals surface area contributed by atoms with Gasteiger partial charge >= 0.3 is 0 Å². The van der Waals surface area contributed by atoms with Gasteiger partial charge in [-0.25, -0.2) is 0 Å². The van der Waals surface area contributed by atoms with Gasteiger partial charge in [0.1, 0.15) is 5.78 Å². The second-order valence-corrected chi connectivity index (χ2v) is 6.23. The highest BCUT2D eigenvalue weighted by Crippen LogP contribution is 2.46. The van der Waals surface area contributed by atoms with Crippen molar-refractivity contribution in [3.05, 3.63) is 0 Å².